The smallest absolute Gasteiger partial charge is 0.252 e. The average molecular weight is 302 g/mol. The quantitative estimate of drug-likeness (QED) is 0.926. The second-order valence-electron chi connectivity index (χ2n) is 5.48. The lowest BCUT2D eigenvalue weighted by Crippen LogP contribution is -2.28. The Morgan fingerprint density at radius 1 is 1.37 bits per heavy atom. The van der Waals surface area contributed by atoms with Crippen molar-refractivity contribution in [3.8, 4) is 0 Å². The summed E-state index contributed by atoms with van der Waals surface area (Å²) in [5, 5.41) is 3.08. The van der Waals surface area contributed by atoms with E-state index < -0.39 is 10.0 Å². The van der Waals surface area contributed by atoms with Gasteiger partial charge in [0.1, 0.15) is 4.21 Å². The Labute approximate surface area is 119 Å². The lowest BCUT2D eigenvalue weighted by atomic mass is 10.0. The van der Waals surface area contributed by atoms with Crippen LogP contribution < -0.4 is 5.32 Å². The number of aryl methyl sites for hydroxylation is 1. The first-order valence-electron chi connectivity index (χ1n) is 6.60. The summed E-state index contributed by atoms with van der Waals surface area (Å²) in [4.78, 5) is 1.10. The molecule has 1 saturated heterocycles. The molecule has 0 amide bonds. The molecule has 1 aromatic rings. The minimum Gasteiger partial charge on any atom is -0.315 e. The molecule has 19 heavy (non-hydrogen) atoms. The molecule has 0 spiro atoms. The molecule has 1 aromatic heterocycles. The molecule has 6 heteroatoms. The zero-order valence-electron chi connectivity index (χ0n) is 11.9. The van der Waals surface area contributed by atoms with Crippen molar-refractivity contribution >= 4 is 21.4 Å². The fourth-order valence-corrected chi connectivity index (χ4v) is 5.75. The summed E-state index contributed by atoms with van der Waals surface area (Å²) in [6.07, 6.45) is 0. The van der Waals surface area contributed by atoms with Gasteiger partial charge in [-0.25, -0.2) is 8.42 Å². The third kappa shape index (κ3) is 2.86. The van der Waals surface area contributed by atoms with Crippen molar-refractivity contribution in [1.29, 1.82) is 0 Å². The summed E-state index contributed by atoms with van der Waals surface area (Å²) in [6, 6.07) is 1.81. The molecule has 2 atom stereocenters. The van der Waals surface area contributed by atoms with Gasteiger partial charge in [0.05, 0.1) is 0 Å². The van der Waals surface area contributed by atoms with E-state index in [0.29, 0.717) is 29.1 Å². The minimum atomic E-state index is -3.30. The van der Waals surface area contributed by atoms with Crippen molar-refractivity contribution < 1.29 is 8.42 Å². The van der Waals surface area contributed by atoms with Crippen LogP contribution in [0.4, 0.5) is 0 Å². The first kappa shape index (κ1) is 15.0. The molecule has 0 saturated carbocycles. The molecule has 2 rings (SSSR count). The third-order valence-corrected chi connectivity index (χ3v) is 7.40. The number of hydrogen-bond acceptors (Lipinski definition) is 4. The summed E-state index contributed by atoms with van der Waals surface area (Å²) in [6.45, 7) is 8.21. The summed E-state index contributed by atoms with van der Waals surface area (Å²) < 4.78 is 27.3. The lowest BCUT2D eigenvalue weighted by molar-refractivity contribution is 0.465. The van der Waals surface area contributed by atoms with Crippen molar-refractivity contribution in [2.75, 3.05) is 20.1 Å². The van der Waals surface area contributed by atoms with Crippen LogP contribution in [-0.4, -0.2) is 32.9 Å². The SMILES string of the molecule is CNCc1sc(S(=O)(=O)N2CC(C)C(C)C2)cc1C. The molecule has 2 unspecified atom stereocenters. The Balaban J connectivity index is 2.27. The van der Waals surface area contributed by atoms with E-state index in [1.165, 1.54) is 11.3 Å². The van der Waals surface area contributed by atoms with Crippen LogP contribution in [0.25, 0.3) is 0 Å². The van der Waals surface area contributed by atoms with Crippen LogP contribution in [0.3, 0.4) is 0 Å². The predicted molar refractivity (Wildman–Crippen MR) is 78.9 cm³/mol. The van der Waals surface area contributed by atoms with Crippen molar-refractivity contribution in [1.82, 2.24) is 9.62 Å². The van der Waals surface area contributed by atoms with Gasteiger partial charge < -0.3 is 5.32 Å². The van der Waals surface area contributed by atoms with Gasteiger partial charge in [-0.2, -0.15) is 4.31 Å². The van der Waals surface area contributed by atoms with Gasteiger partial charge in [0.15, 0.2) is 0 Å². The van der Waals surface area contributed by atoms with E-state index in [0.717, 1.165) is 17.0 Å². The average Bonchev–Trinajstić information content (AvgIpc) is 2.86. The van der Waals surface area contributed by atoms with Crippen LogP contribution in [0.15, 0.2) is 10.3 Å². The Hall–Kier alpha value is -0.430. The molecule has 1 N–H and O–H groups in total. The zero-order valence-corrected chi connectivity index (χ0v) is 13.6. The normalized spacial score (nSPS) is 25.1. The topological polar surface area (TPSA) is 49.4 Å². The first-order chi connectivity index (χ1) is 8.86. The second-order valence-corrected chi connectivity index (χ2v) is 8.78. The highest BCUT2D eigenvalue weighted by molar-refractivity contribution is 7.91. The Kier molecular flexibility index (Phi) is 4.35. The van der Waals surface area contributed by atoms with E-state index in [1.54, 1.807) is 10.4 Å². The van der Waals surface area contributed by atoms with Gasteiger partial charge in [-0.15, -0.1) is 11.3 Å². The molecule has 0 bridgehead atoms. The monoisotopic (exact) mass is 302 g/mol. The number of hydrogen-bond donors (Lipinski definition) is 1. The van der Waals surface area contributed by atoms with E-state index in [4.69, 9.17) is 0 Å². The molecule has 4 nitrogen and oxygen atoms in total. The van der Waals surface area contributed by atoms with Crippen molar-refractivity contribution in [2.24, 2.45) is 11.8 Å². The number of nitrogens with one attached hydrogen (secondary N) is 1. The van der Waals surface area contributed by atoms with E-state index in [1.807, 2.05) is 14.0 Å². The molecule has 108 valence electrons. The van der Waals surface area contributed by atoms with E-state index in [2.05, 4.69) is 19.2 Å². The minimum absolute atomic E-state index is 0.438. The maximum atomic E-state index is 12.6. The highest BCUT2D eigenvalue weighted by Crippen LogP contribution is 2.32. The maximum absolute atomic E-state index is 12.6. The molecular weight excluding hydrogens is 280 g/mol. The van der Waals surface area contributed by atoms with Crippen molar-refractivity contribution in [3.63, 3.8) is 0 Å². The van der Waals surface area contributed by atoms with Crippen LogP contribution in [0.2, 0.25) is 0 Å². The van der Waals surface area contributed by atoms with Gasteiger partial charge in [0.25, 0.3) is 10.0 Å². The predicted octanol–water partition coefficient (Wildman–Crippen LogP) is 2.05. The van der Waals surface area contributed by atoms with E-state index in [-0.39, 0.29) is 0 Å². The molecule has 2 heterocycles. The zero-order chi connectivity index (χ0) is 14.2. The molecule has 0 aliphatic carbocycles. The van der Waals surface area contributed by atoms with Gasteiger partial charge in [-0.1, -0.05) is 13.8 Å². The maximum Gasteiger partial charge on any atom is 0.252 e. The van der Waals surface area contributed by atoms with Gasteiger partial charge in [-0.3, -0.25) is 0 Å². The van der Waals surface area contributed by atoms with Crippen molar-refractivity contribution in [2.45, 2.75) is 31.5 Å². The van der Waals surface area contributed by atoms with E-state index >= 15 is 0 Å². The fourth-order valence-electron chi connectivity index (χ4n) is 2.35. The lowest BCUT2D eigenvalue weighted by Gasteiger charge is -2.14. The van der Waals surface area contributed by atoms with Crippen LogP contribution >= 0.6 is 11.3 Å². The van der Waals surface area contributed by atoms with Gasteiger partial charge in [-0.05, 0) is 37.4 Å². The van der Waals surface area contributed by atoms with E-state index in [9.17, 15) is 8.42 Å². The van der Waals surface area contributed by atoms with Gasteiger partial charge >= 0.3 is 0 Å². The van der Waals surface area contributed by atoms with Crippen LogP contribution in [-0.2, 0) is 16.6 Å². The molecule has 1 fully saturated rings. The fraction of sp³-hybridized carbons (Fsp3) is 0.692. The number of thiophene rings is 1. The Bertz CT molecular complexity index is 541. The van der Waals surface area contributed by atoms with Crippen LogP contribution in [0.5, 0.6) is 0 Å². The summed E-state index contributed by atoms with van der Waals surface area (Å²) in [5.41, 5.74) is 1.05. The Morgan fingerprint density at radius 3 is 2.47 bits per heavy atom. The largest absolute Gasteiger partial charge is 0.315 e. The third-order valence-electron chi connectivity index (χ3n) is 3.88. The van der Waals surface area contributed by atoms with Gasteiger partial charge in [0, 0.05) is 24.5 Å². The van der Waals surface area contributed by atoms with Crippen LogP contribution in [0.1, 0.15) is 24.3 Å². The number of sulfonamides is 1. The van der Waals surface area contributed by atoms with Crippen LogP contribution in [0, 0.1) is 18.8 Å². The summed E-state index contributed by atoms with van der Waals surface area (Å²) in [5.74, 6) is 0.875. The number of nitrogens with zero attached hydrogens (tertiary/aromatic N) is 1. The Morgan fingerprint density at radius 2 is 1.95 bits per heavy atom. The first-order valence-corrected chi connectivity index (χ1v) is 8.86. The van der Waals surface area contributed by atoms with Crippen molar-refractivity contribution in [3.05, 3.63) is 16.5 Å². The molecular formula is C13H22N2O2S2. The second kappa shape index (κ2) is 5.52. The highest BCUT2D eigenvalue weighted by Gasteiger charge is 2.35. The highest BCUT2D eigenvalue weighted by atomic mass is 32.2. The molecule has 0 aromatic carbocycles. The number of rotatable bonds is 4. The van der Waals surface area contributed by atoms with Gasteiger partial charge in [0.2, 0.25) is 0 Å². The molecule has 1 aliphatic rings. The summed E-state index contributed by atoms with van der Waals surface area (Å²) in [7, 11) is -1.43. The molecule has 1 aliphatic heterocycles. The standard InChI is InChI=1S/C13H22N2O2S2/c1-9-5-13(18-12(9)6-14-4)19(16,17)15-7-10(2)11(3)8-15/h5,10-11,14H,6-8H2,1-4H3. The summed E-state index contributed by atoms with van der Waals surface area (Å²) >= 11 is 1.39. The molecule has 0 radical (unpaired) electrons.